The SMILES string of the molecule is CCOC(=O)c1c(-c2ccccc2)c2ccc(-c3cccc(NS(C)(=O)=O)c3)cc2n1Cc1cccc(OC(F)(F)F)c1. The highest BCUT2D eigenvalue weighted by Crippen LogP contribution is 2.39. The van der Waals surface area contributed by atoms with Crippen molar-refractivity contribution in [2.24, 2.45) is 0 Å². The standard InChI is InChI=1S/C32H27F3N2O5S/c1-3-41-31(38)30-29(22-10-5-4-6-11-22)27-16-15-24(23-12-8-13-25(18-23)36-43(2,39)40)19-28(27)37(30)20-21-9-7-14-26(17-21)42-32(33,34)35/h4-19,36H,3,20H2,1-2H3. The topological polar surface area (TPSA) is 86.6 Å². The van der Waals surface area contributed by atoms with Gasteiger partial charge in [-0.05, 0) is 59.5 Å². The summed E-state index contributed by atoms with van der Waals surface area (Å²) in [4.78, 5) is 13.5. The lowest BCUT2D eigenvalue weighted by Crippen LogP contribution is -2.17. The maximum atomic E-state index is 13.5. The largest absolute Gasteiger partial charge is 0.573 e. The van der Waals surface area contributed by atoms with Crippen molar-refractivity contribution < 1.29 is 35.9 Å². The number of carbonyl (C=O) groups is 1. The van der Waals surface area contributed by atoms with Crippen LogP contribution in [0.25, 0.3) is 33.2 Å². The Morgan fingerprint density at radius 3 is 2.26 bits per heavy atom. The normalized spacial score (nSPS) is 11.8. The van der Waals surface area contributed by atoms with Gasteiger partial charge in [-0.15, -0.1) is 13.2 Å². The number of anilines is 1. The van der Waals surface area contributed by atoms with Crippen molar-refractivity contribution in [1.82, 2.24) is 4.57 Å². The Morgan fingerprint density at radius 2 is 1.56 bits per heavy atom. The Bertz CT molecular complexity index is 1900. The molecule has 43 heavy (non-hydrogen) atoms. The van der Waals surface area contributed by atoms with E-state index in [1.54, 1.807) is 35.8 Å². The van der Waals surface area contributed by atoms with Gasteiger partial charge in [-0.2, -0.15) is 0 Å². The van der Waals surface area contributed by atoms with Crippen LogP contribution in [0.1, 0.15) is 23.0 Å². The molecule has 0 atom stereocenters. The molecule has 1 aromatic heterocycles. The first kappa shape index (κ1) is 29.7. The van der Waals surface area contributed by atoms with E-state index in [0.717, 1.165) is 22.8 Å². The van der Waals surface area contributed by atoms with Crippen molar-refractivity contribution in [2.45, 2.75) is 19.8 Å². The van der Waals surface area contributed by atoms with Crippen molar-refractivity contribution in [3.8, 4) is 28.0 Å². The summed E-state index contributed by atoms with van der Waals surface area (Å²) in [7, 11) is -3.50. The molecule has 0 unspecified atom stereocenters. The van der Waals surface area contributed by atoms with Crippen LogP contribution in [0.5, 0.6) is 5.75 Å². The highest BCUT2D eigenvalue weighted by molar-refractivity contribution is 7.92. The maximum Gasteiger partial charge on any atom is 0.573 e. The number of sulfonamides is 1. The molecule has 5 aromatic rings. The van der Waals surface area contributed by atoms with Gasteiger partial charge in [0.05, 0.1) is 18.4 Å². The molecule has 1 heterocycles. The second-order valence-electron chi connectivity index (χ2n) is 9.78. The highest BCUT2D eigenvalue weighted by Gasteiger charge is 2.31. The average Bonchev–Trinajstić information content (AvgIpc) is 3.25. The Kier molecular flexibility index (Phi) is 8.19. The molecule has 0 spiro atoms. The van der Waals surface area contributed by atoms with Gasteiger partial charge in [-0.25, -0.2) is 13.2 Å². The summed E-state index contributed by atoms with van der Waals surface area (Å²) in [5, 5.41) is 0.728. The second kappa shape index (κ2) is 11.8. The third-order valence-electron chi connectivity index (χ3n) is 6.57. The van der Waals surface area contributed by atoms with Crippen LogP contribution < -0.4 is 9.46 Å². The van der Waals surface area contributed by atoms with Gasteiger partial charge in [0.15, 0.2) is 0 Å². The molecule has 0 amide bonds. The van der Waals surface area contributed by atoms with Gasteiger partial charge >= 0.3 is 12.3 Å². The number of halogens is 3. The molecule has 0 aliphatic carbocycles. The zero-order valence-corrected chi connectivity index (χ0v) is 24.0. The van der Waals surface area contributed by atoms with Gasteiger partial charge < -0.3 is 14.0 Å². The van der Waals surface area contributed by atoms with Crippen LogP contribution in [0.15, 0.2) is 97.1 Å². The number of hydrogen-bond donors (Lipinski definition) is 1. The Hall–Kier alpha value is -4.77. The lowest BCUT2D eigenvalue weighted by molar-refractivity contribution is -0.274. The lowest BCUT2D eigenvalue weighted by Gasteiger charge is -2.14. The van der Waals surface area contributed by atoms with E-state index < -0.39 is 22.4 Å². The van der Waals surface area contributed by atoms with Gasteiger partial charge in [-0.3, -0.25) is 4.72 Å². The van der Waals surface area contributed by atoms with E-state index in [1.165, 1.54) is 18.2 Å². The van der Waals surface area contributed by atoms with Gasteiger partial charge in [0.2, 0.25) is 10.0 Å². The smallest absolute Gasteiger partial charge is 0.461 e. The fourth-order valence-corrected chi connectivity index (χ4v) is 5.56. The molecule has 0 radical (unpaired) electrons. The summed E-state index contributed by atoms with van der Waals surface area (Å²) < 4.78 is 76.3. The first-order valence-corrected chi connectivity index (χ1v) is 15.1. The van der Waals surface area contributed by atoms with Crippen LogP contribution in [-0.4, -0.2) is 38.2 Å². The summed E-state index contributed by atoms with van der Waals surface area (Å²) in [6.45, 7) is 1.85. The molecule has 0 saturated carbocycles. The third kappa shape index (κ3) is 7.00. The molecule has 0 fully saturated rings. The van der Waals surface area contributed by atoms with E-state index in [1.807, 2.05) is 54.6 Å². The minimum atomic E-state index is -4.86. The number of carbonyl (C=O) groups excluding carboxylic acids is 1. The molecule has 4 aromatic carbocycles. The molecule has 7 nitrogen and oxygen atoms in total. The van der Waals surface area contributed by atoms with E-state index in [4.69, 9.17) is 4.74 Å². The first-order chi connectivity index (χ1) is 20.4. The van der Waals surface area contributed by atoms with Crippen LogP contribution in [0.2, 0.25) is 0 Å². The number of aromatic nitrogens is 1. The molecular formula is C32H27F3N2O5S. The van der Waals surface area contributed by atoms with Crippen molar-refractivity contribution in [2.75, 3.05) is 17.6 Å². The molecule has 222 valence electrons. The van der Waals surface area contributed by atoms with Crippen LogP contribution in [0.4, 0.5) is 18.9 Å². The zero-order chi connectivity index (χ0) is 30.8. The Labute approximate surface area is 246 Å². The molecule has 0 saturated heterocycles. The number of nitrogens with zero attached hydrogens (tertiary/aromatic N) is 1. The highest BCUT2D eigenvalue weighted by atomic mass is 32.2. The van der Waals surface area contributed by atoms with E-state index in [0.29, 0.717) is 27.9 Å². The van der Waals surface area contributed by atoms with E-state index in [-0.39, 0.29) is 24.6 Å². The number of rotatable bonds is 9. The second-order valence-corrected chi connectivity index (χ2v) is 11.5. The fraction of sp³-hybridized carbons (Fsp3) is 0.156. The van der Waals surface area contributed by atoms with Gasteiger partial charge in [0.1, 0.15) is 11.4 Å². The quantitative estimate of drug-likeness (QED) is 0.176. The minimum absolute atomic E-state index is 0.0334. The zero-order valence-electron chi connectivity index (χ0n) is 23.2. The molecular weight excluding hydrogens is 581 g/mol. The van der Waals surface area contributed by atoms with Crippen molar-refractivity contribution in [3.05, 3.63) is 108 Å². The fourth-order valence-electron chi connectivity index (χ4n) is 5.00. The van der Waals surface area contributed by atoms with Gasteiger partial charge in [0.25, 0.3) is 0 Å². The van der Waals surface area contributed by atoms with Crippen LogP contribution >= 0.6 is 0 Å². The van der Waals surface area contributed by atoms with Crippen molar-refractivity contribution in [3.63, 3.8) is 0 Å². The first-order valence-electron chi connectivity index (χ1n) is 13.2. The van der Waals surface area contributed by atoms with E-state index >= 15 is 0 Å². The number of ether oxygens (including phenoxy) is 2. The van der Waals surface area contributed by atoms with Crippen molar-refractivity contribution >= 4 is 32.6 Å². The number of hydrogen-bond acceptors (Lipinski definition) is 5. The molecule has 0 bridgehead atoms. The summed E-state index contributed by atoms with van der Waals surface area (Å²) in [6.07, 6.45) is -3.79. The van der Waals surface area contributed by atoms with E-state index in [9.17, 15) is 26.4 Å². The third-order valence-corrected chi connectivity index (χ3v) is 7.17. The molecule has 5 rings (SSSR count). The van der Waals surface area contributed by atoms with Crippen LogP contribution in [-0.2, 0) is 21.3 Å². The molecule has 0 aliphatic heterocycles. The Morgan fingerprint density at radius 1 is 0.860 bits per heavy atom. The van der Waals surface area contributed by atoms with Crippen molar-refractivity contribution in [1.29, 1.82) is 0 Å². The number of alkyl halides is 3. The summed E-state index contributed by atoms with van der Waals surface area (Å²) >= 11 is 0. The number of fused-ring (bicyclic) bond motifs is 1. The molecule has 11 heteroatoms. The van der Waals surface area contributed by atoms with E-state index in [2.05, 4.69) is 9.46 Å². The monoisotopic (exact) mass is 608 g/mol. The lowest BCUT2D eigenvalue weighted by atomic mass is 9.99. The molecule has 1 N–H and O–H groups in total. The summed E-state index contributed by atoms with van der Waals surface area (Å²) in [5.74, 6) is -0.959. The van der Waals surface area contributed by atoms with Crippen LogP contribution in [0, 0.1) is 0 Å². The Balaban J connectivity index is 1.73. The number of esters is 1. The number of benzene rings is 4. The maximum absolute atomic E-state index is 13.5. The van der Waals surface area contributed by atoms with Gasteiger partial charge in [-0.1, -0.05) is 66.7 Å². The minimum Gasteiger partial charge on any atom is -0.461 e. The predicted octanol–water partition coefficient (Wildman–Crippen LogP) is 7.47. The van der Waals surface area contributed by atoms with Gasteiger partial charge in [0, 0.05) is 23.2 Å². The number of nitrogens with one attached hydrogen (secondary N) is 1. The summed E-state index contributed by atoms with van der Waals surface area (Å²) in [5.41, 5.74) is 4.54. The molecule has 0 aliphatic rings. The van der Waals surface area contributed by atoms with Crippen LogP contribution in [0.3, 0.4) is 0 Å². The predicted molar refractivity (Wildman–Crippen MR) is 159 cm³/mol. The average molecular weight is 609 g/mol. The summed E-state index contributed by atoms with van der Waals surface area (Å²) in [6, 6.07) is 27.3.